The number of hydrogen-bond donors (Lipinski definition) is 1. The molecule has 0 amide bonds. The van der Waals surface area contributed by atoms with E-state index < -0.39 is 20.2 Å². The summed E-state index contributed by atoms with van der Waals surface area (Å²) in [5, 5.41) is 3.25. The highest BCUT2D eigenvalue weighted by Crippen LogP contribution is 2.49. The molecule has 7 heteroatoms. The van der Waals surface area contributed by atoms with Crippen molar-refractivity contribution >= 4 is 9.84 Å². The van der Waals surface area contributed by atoms with Gasteiger partial charge in [0, 0.05) is 13.1 Å². The number of hydrogen-bond acceptors (Lipinski definition) is 3. The van der Waals surface area contributed by atoms with Crippen LogP contribution in [0.1, 0.15) is 18.4 Å². The molecular weight excluding hydrogens is 303 g/mol. The zero-order valence-electron chi connectivity index (χ0n) is 11.3. The molecule has 1 aliphatic heterocycles. The molecule has 0 radical (unpaired) electrons. The predicted molar refractivity (Wildman–Crippen MR) is 71.4 cm³/mol. The summed E-state index contributed by atoms with van der Waals surface area (Å²) in [5.41, 5.74) is -3.89. The van der Waals surface area contributed by atoms with Crippen molar-refractivity contribution in [1.82, 2.24) is 5.32 Å². The van der Waals surface area contributed by atoms with Crippen LogP contribution in [0.15, 0.2) is 29.2 Å². The molecule has 0 bridgehead atoms. The molecule has 1 spiro atoms. The number of alkyl halides is 3. The van der Waals surface area contributed by atoms with Crippen LogP contribution in [0.25, 0.3) is 0 Å². The van der Waals surface area contributed by atoms with Gasteiger partial charge in [0.25, 0.3) is 9.84 Å². The Morgan fingerprint density at radius 1 is 1.14 bits per heavy atom. The van der Waals surface area contributed by atoms with E-state index in [0.29, 0.717) is 11.3 Å². The summed E-state index contributed by atoms with van der Waals surface area (Å²) in [6.45, 7) is 2.12. The molecule has 0 unspecified atom stereocenters. The Morgan fingerprint density at radius 2 is 1.71 bits per heavy atom. The Bertz CT molecular complexity index is 625. The van der Waals surface area contributed by atoms with E-state index in [1.165, 1.54) is 12.1 Å². The molecule has 21 heavy (non-hydrogen) atoms. The first kappa shape index (κ1) is 14.8. The van der Waals surface area contributed by atoms with Crippen LogP contribution in [0.3, 0.4) is 0 Å². The van der Waals surface area contributed by atoms with Gasteiger partial charge in [0.15, 0.2) is 0 Å². The maximum Gasteiger partial charge on any atom is 0.501 e. The number of nitrogens with one attached hydrogen (secondary N) is 1. The lowest BCUT2D eigenvalue weighted by atomic mass is 9.57. The van der Waals surface area contributed by atoms with Crippen molar-refractivity contribution in [2.75, 3.05) is 13.1 Å². The van der Waals surface area contributed by atoms with Gasteiger partial charge in [-0.05, 0) is 48.3 Å². The minimum absolute atomic E-state index is 0.463. The summed E-state index contributed by atoms with van der Waals surface area (Å²) in [6.07, 6.45) is 3.08. The average Bonchev–Trinajstić information content (AvgIpc) is 2.30. The summed E-state index contributed by atoms with van der Waals surface area (Å²) in [6, 6.07) is 5.08. The van der Waals surface area contributed by atoms with Crippen LogP contribution in [0.2, 0.25) is 0 Å². The first-order valence-corrected chi connectivity index (χ1v) is 8.31. The van der Waals surface area contributed by atoms with Crippen molar-refractivity contribution in [2.24, 2.45) is 11.3 Å². The molecule has 0 atom stereocenters. The molecule has 1 aromatic carbocycles. The van der Waals surface area contributed by atoms with E-state index in [-0.39, 0.29) is 0 Å². The number of sulfone groups is 1. The summed E-state index contributed by atoms with van der Waals surface area (Å²) in [7, 11) is -5.23. The molecule has 3 rings (SSSR count). The van der Waals surface area contributed by atoms with E-state index in [0.717, 1.165) is 50.0 Å². The monoisotopic (exact) mass is 319 g/mol. The molecule has 1 N–H and O–H groups in total. The third kappa shape index (κ3) is 2.57. The standard InChI is InChI=1S/C14H16F3NO2S/c15-14(16,17)21(19,20)12-3-1-10(2-4-12)5-11-6-13(7-11)8-18-9-13/h1-4,11,18H,5-9H2. The summed E-state index contributed by atoms with van der Waals surface area (Å²) >= 11 is 0. The minimum Gasteiger partial charge on any atom is -0.316 e. The summed E-state index contributed by atoms with van der Waals surface area (Å²) in [4.78, 5) is -0.688. The lowest BCUT2D eigenvalue weighted by molar-refractivity contribution is -0.0436. The highest BCUT2D eigenvalue weighted by atomic mass is 32.2. The third-order valence-corrected chi connectivity index (χ3v) is 6.01. The average molecular weight is 319 g/mol. The Kier molecular flexibility index (Phi) is 3.33. The second kappa shape index (κ2) is 4.71. The van der Waals surface area contributed by atoms with Gasteiger partial charge in [0.1, 0.15) is 0 Å². The Morgan fingerprint density at radius 3 is 2.14 bits per heavy atom. The molecule has 2 fully saturated rings. The van der Waals surface area contributed by atoms with Gasteiger partial charge < -0.3 is 5.32 Å². The summed E-state index contributed by atoms with van der Waals surface area (Å²) < 4.78 is 59.8. The summed E-state index contributed by atoms with van der Waals surface area (Å²) in [5.74, 6) is 0.553. The van der Waals surface area contributed by atoms with Gasteiger partial charge in [-0.1, -0.05) is 12.1 Å². The Hall–Kier alpha value is -1.08. The second-order valence-corrected chi connectivity index (χ2v) is 8.12. The van der Waals surface area contributed by atoms with Gasteiger partial charge >= 0.3 is 5.51 Å². The maximum absolute atomic E-state index is 12.4. The fourth-order valence-electron chi connectivity index (χ4n) is 3.35. The topological polar surface area (TPSA) is 46.2 Å². The molecule has 3 nitrogen and oxygen atoms in total. The van der Waals surface area contributed by atoms with Crippen molar-refractivity contribution < 1.29 is 21.6 Å². The van der Waals surface area contributed by atoms with Crippen LogP contribution in [-0.2, 0) is 16.3 Å². The van der Waals surface area contributed by atoms with Crippen molar-refractivity contribution in [3.63, 3.8) is 0 Å². The SMILES string of the molecule is O=S(=O)(c1ccc(CC2CC3(CNC3)C2)cc1)C(F)(F)F. The maximum atomic E-state index is 12.4. The molecule has 1 aliphatic carbocycles. The van der Waals surface area contributed by atoms with Crippen LogP contribution in [0, 0.1) is 11.3 Å². The fraction of sp³-hybridized carbons (Fsp3) is 0.571. The Labute approximate surface area is 121 Å². The van der Waals surface area contributed by atoms with E-state index in [1.54, 1.807) is 0 Å². The zero-order chi connectivity index (χ0) is 15.3. The van der Waals surface area contributed by atoms with Gasteiger partial charge in [-0.15, -0.1) is 0 Å². The van der Waals surface area contributed by atoms with Gasteiger partial charge in [-0.25, -0.2) is 8.42 Å². The third-order valence-electron chi connectivity index (χ3n) is 4.51. The quantitative estimate of drug-likeness (QED) is 0.931. The van der Waals surface area contributed by atoms with E-state index in [2.05, 4.69) is 5.32 Å². The van der Waals surface area contributed by atoms with Crippen molar-refractivity contribution in [3.8, 4) is 0 Å². The van der Waals surface area contributed by atoms with E-state index in [4.69, 9.17) is 0 Å². The second-order valence-electron chi connectivity index (χ2n) is 6.18. The van der Waals surface area contributed by atoms with E-state index >= 15 is 0 Å². The molecule has 1 saturated heterocycles. The van der Waals surface area contributed by atoms with Crippen molar-refractivity contribution in [2.45, 2.75) is 29.7 Å². The number of rotatable bonds is 3. The minimum atomic E-state index is -5.24. The highest BCUT2D eigenvalue weighted by Gasteiger charge is 2.48. The molecule has 116 valence electrons. The molecule has 2 aliphatic rings. The Balaban J connectivity index is 1.65. The lowest BCUT2D eigenvalue weighted by Gasteiger charge is -2.54. The first-order valence-electron chi connectivity index (χ1n) is 6.83. The molecular formula is C14H16F3NO2S. The highest BCUT2D eigenvalue weighted by molar-refractivity contribution is 7.92. The molecule has 0 aromatic heterocycles. The van der Waals surface area contributed by atoms with Crippen molar-refractivity contribution in [1.29, 1.82) is 0 Å². The van der Waals surface area contributed by atoms with Gasteiger partial charge in [-0.2, -0.15) is 13.2 Å². The van der Waals surface area contributed by atoms with Crippen molar-refractivity contribution in [3.05, 3.63) is 29.8 Å². The van der Waals surface area contributed by atoms with E-state index in [1.807, 2.05) is 0 Å². The number of halogens is 3. The van der Waals surface area contributed by atoms with Crippen LogP contribution < -0.4 is 5.32 Å². The van der Waals surface area contributed by atoms with Crippen LogP contribution >= 0.6 is 0 Å². The number of benzene rings is 1. The predicted octanol–water partition coefficient (Wildman–Crippen LogP) is 2.52. The van der Waals surface area contributed by atoms with E-state index in [9.17, 15) is 21.6 Å². The molecule has 1 saturated carbocycles. The van der Waals surface area contributed by atoms with Gasteiger partial charge in [-0.3, -0.25) is 0 Å². The van der Waals surface area contributed by atoms with Crippen LogP contribution in [-0.4, -0.2) is 27.0 Å². The zero-order valence-corrected chi connectivity index (χ0v) is 12.1. The normalized spacial score (nSPS) is 21.9. The fourth-order valence-corrected chi connectivity index (χ4v) is 4.11. The van der Waals surface area contributed by atoms with Gasteiger partial charge in [0.2, 0.25) is 0 Å². The largest absolute Gasteiger partial charge is 0.501 e. The van der Waals surface area contributed by atoms with Gasteiger partial charge in [0.05, 0.1) is 4.90 Å². The smallest absolute Gasteiger partial charge is 0.316 e. The van der Waals surface area contributed by atoms with Crippen LogP contribution in [0.5, 0.6) is 0 Å². The van der Waals surface area contributed by atoms with Crippen LogP contribution in [0.4, 0.5) is 13.2 Å². The molecule has 1 aromatic rings. The first-order chi connectivity index (χ1) is 9.72. The lowest BCUT2D eigenvalue weighted by Crippen LogP contribution is -2.60. The molecule has 1 heterocycles.